The second-order valence-corrected chi connectivity index (χ2v) is 6.69. The average Bonchev–Trinajstić information content (AvgIpc) is 2.33. The van der Waals surface area contributed by atoms with Crippen molar-refractivity contribution in [3.8, 4) is 0 Å². The lowest BCUT2D eigenvalue weighted by atomic mass is 9.93. The van der Waals surface area contributed by atoms with E-state index in [1.807, 2.05) is 0 Å². The first-order valence-electron chi connectivity index (χ1n) is 8.41. The van der Waals surface area contributed by atoms with E-state index < -0.39 is 0 Å². The van der Waals surface area contributed by atoms with Crippen molar-refractivity contribution in [1.29, 1.82) is 0 Å². The van der Waals surface area contributed by atoms with E-state index in [0.29, 0.717) is 5.41 Å². The lowest BCUT2D eigenvalue weighted by Crippen LogP contribution is -2.23. The summed E-state index contributed by atoms with van der Waals surface area (Å²) in [6, 6.07) is 0. The molecule has 0 spiro atoms. The van der Waals surface area contributed by atoms with Gasteiger partial charge in [-0.05, 0) is 32.1 Å². The molecule has 0 amide bonds. The number of nitrogens with zero attached hydrogens (tertiary/aromatic N) is 1. The Labute approximate surface area is 122 Å². The molecule has 0 aromatic rings. The quantitative estimate of drug-likeness (QED) is 0.438. The first-order chi connectivity index (χ1) is 8.94. The molecule has 0 radical (unpaired) electrons. The summed E-state index contributed by atoms with van der Waals surface area (Å²) in [7, 11) is 0. The smallest absolute Gasteiger partial charge is 0.0146 e. The summed E-state index contributed by atoms with van der Waals surface area (Å²) in [5.74, 6) is 0. The van der Waals surface area contributed by atoms with Crippen LogP contribution in [0.4, 0.5) is 0 Å². The molecule has 1 nitrogen and oxygen atoms in total. The van der Waals surface area contributed by atoms with E-state index in [0.717, 1.165) is 13.1 Å². The van der Waals surface area contributed by atoms with Gasteiger partial charge in [-0.2, -0.15) is 0 Å². The molecule has 0 aromatic heterocycles. The van der Waals surface area contributed by atoms with Gasteiger partial charge < -0.3 is 4.90 Å². The van der Waals surface area contributed by atoms with Gasteiger partial charge in [0.25, 0.3) is 0 Å². The highest BCUT2D eigenvalue weighted by Gasteiger charge is 2.12. The van der Waals surface area contributed by atoms with E-state index in [1.54, 1.807) is 5.70 Å². The van der Waals surface area contributed by atoms with E-state index in [4.69, 9.17) is 0 Å². The molecule has 0 aromatic carbocycles. The van der Waals surface area contributed by atoms with Gasteiger partial charge in [-0.15, -0.1) is 0 Å². The van der Waals surface area contributed by atoms with Gasteiger partial charge in [0.05, 0.1) is 0 Å². The molecule has 0 saturated carbocycles. The highest BCUT2D eigenvalue weighted by Crippen LogP contribution is 2.23. The number of allylic oxidation sites excluding steroid dienone is 2. The normalized spacial score (nSPS) is 12.8. The van der Waals surface area contributed by atoms with Crippen LogP contribution in [0.15, 0.2) is 11.8 Å². The molecular formula is C18H37N. The van der Waals surface area contributed by atoms with Crippen LogP contribution in [0, 0.1) is 5.41 Å². The Hall–Kier alpha value is -0.460. The van der Waals surface area contributed by atoms with Gasteiger partial charge >= 0.3 is 0 Å². The summed E-state index contributed by atoms with van der Waals surface area (Å²) in [4.78, 5) is 2.53. The van der Waals surface area contributed by atoms with Crippen LogP contribution in [0.3, 0.4) is 0 Å². The number of hydrogen-bond donors (Lipinski definition) is 0. The summed E-state index contributed by atoms with van der Waals surface area (Å²) in [6.07, 6.45) is 12.0. The number of hydrogen-bond acceptors (Lipinski definition) is 1. The molecule has 114 valence electrons. The van der Waals surface area contributed by atoms with Crippen molar-refractivity contribution in [3.63, 3.8) is 0 Å². The zero-order chi connectivity index (χ0) is 14.7. The predicted molar refractivity (Wildman–Crippen MR) is 88.5 cm³/mol. The molecule has 0 aliphatic heterocycles. The Morgan fingerprint density at radius 2 is 1.37 bits per heavy atom. The van der Waals surface area contributed by atoms with Crippen molar-refractivity contribution in [3.05, 3.63) is 11.8 Å². The standard InChI is InChI=1S/C18H37N/c1-7-10-11-12-13-14-15-17(16-18(4,5)6)19(8-2)9-3/h16H,7-15H2,1-6H3/b17-16-. The van der Waals surface area contributed by atoms with Crippen molar-refractivity contribution in [1.82, 2.24) is 4.90 Å². The van der Waals surface area contributed by atoms with Gasteiger partial charge in [-0.1, -0.05) is 65.9 Å². The highest BCUT2D eigenvalue weighted by atomic mass is 15.1. The summed E-state index contributed by atoms with van der Waals surface area (Å²) < 4.78 is 0. The largest absolute Gasteiger partial charge is 0.376 e. The molecule has 0 bridgehead atoms. The molecular weight excluding hydrogens is 230 g/mol. The minimum Gasteiger partial charge on any atom is -0.376 e. The Bertz CT molecular complexity index is 231. The maximum atomic E-state index is 2.53. The van der Waals surface area contributed by atoms with Gasteiger partial charge in [-0.25, -0.2) is 0 Å². The highest BCUT2D eigenvalue weighted by molar-refractivity contribution is 5.06. The Morgan fingerprint density at radius 3 is 1.84 bits per heavy atom. The zero-order valence-electron chi connectivity index (χ0n) is 14.4. The fraction of sp³-hybridized carbons (Fsp3) is 0.889. The first kappa shape index (κ1) is 18.5. The summed E-state index contributed by atoms with van der Waals surface area (Å²) in [5, 5.41) is 0. The lowest BCUT2D eigenvalue weighted by Gasteiger charge is -2.27. The second-order valence-electron chi connectivity index (χ2n) is 6.69. The Morgan fingerprint density at radius 1 is 0.842 bits per heavy atom. The average molecular weight is 268 g/mol. The molecule has 0 aliphatic rings. The molecule has 0 unspecified atom stereocenters. The Kier molecular flexibility index (Phi) is 10.1. The molecule has 0 rings (SSSR count). The summed E-state index contributed by atoms with van der Waals surface area (Å²) in [6.45, 7) is 16.0. The maximum absolute atomic E-state index is 2.53. The third-order valence-corrected chi connectivity index (χ3v) is 3.56. The summed E-state index contributed by atoms with van der Waals surface area (Å²) in [5.41, 5.74) is 1.85. The van der Waals surface area contributed by atoms with E-state index >= 15 is 0 Å². The van der Waals surface area contributed by atoms with E-state index in [-0.39, 0.29) is 0 Å². The minimum absolute atomic E-state index is 0.292. The first-order valence-corrected chi connectivity index (χ1v) is 8.41. The third kappa shape index (κ3) is 10.0. The molecule has 0 aliphatic carbocycles. The number of rotatable bonds is 10. The molecule has 1 heteroatoms. The molecule has 0 N–H and O–H groups in total. The monoisotopic (exact) mass is 267 g/mol. The van der Waals surface area contributed by atoms with Crippen LogP contribution in [0.2, 0.25) is 0 Å². The van der Waals surface area contributed by atoms with Crippen LogP contribution in [0.1, 0.15) is 86.5 Å². The Balaban J connectivity index is 4.25. The fourth-order valence-corrected chi connectivity index (χ4v) is 2.54. The van der Waals surface area contributed by atoms with Crippen LogP contribution in [0.5, 0.6) is 0 Å². The molecule has 19 heavy (non-hydrogen) atoms. The lowest BCUT2D eigenvalue weighted by molar-refractivity contribution is 0.352. The van der Waals surface area contributed by atoms with Crippen LogP contribution in [-0.2, 0) is 0 Å². The van der Waals surface area contributed by atoms with Crippen molar-refractivity contribution >= 4 is 0 Å². The van der Waals surface area contributed by atoms with E-state index in [2.05, 4.69) is 52.5 Å². The molecule has 0 atom stereocenters. The van der Waals surface area contributed by atoms with Gasteiger partial charge in [0, 0.05) is 18.8 Å². The van der Waals surface area contributed by atoms with Crippen molar-refractivity contribution < 1.29 is 0 Å². The van der Waals surface area contributed by atoms with Gasteiger partial charge in [0.2, 0.25) is 0 Å². The maximum Gasteiger partial charge on any atom is 0.0146 e. The number of unbranched alkanes of at least 4 members (excludes halogenated alkanes) is 5. The van der Waals surface area contributed by atoms with E-state index in [9.17, 15) is 0 Å². The second kappa shape index (κ2) is 10.3. The van der Waals surface area contributed by atoms with Gasteiger partial charge in [0.1, 0.15) is 0 Å². The van der Waals surface area contributed by atoms with Crippen molar-refractivity contribution in [2.45, 2.75) is 86.5 Å². The van der Waals surface area contributed by atoms with Crippen LogP contribution < -0.4 is 0 Å². The fourth-order valence-electron chi connectivity index (χ4n) is 2.54. The minimum atomic E-state index is 0.292. The van der Waals surface area contributed by atoms with Crippen LogP contribution in [0.25, 0.3) is 0 Å². The van der Waals surface area contributed by atoms with Crippen molar-refractivity contribution in [2.24, 2.45) is 5.41 Å². The predicted octanol–water partition coefficient (Wildman–Crippen LogP) is 6.01. The van der Waals surface area contributed by atoms with Crippen LogP contribution in [-0.4, -0.2) is 18.0 Å². The molecule has 0 fully saturated rings. The van der Waals surface area contributed by atoms with Crippen molar-refractivity contribution in [2.75, 3.05) is 13.1 Å². The topological polar surface area (TPSA) is 3.24 Å². The molecule has 0 saturated heterocycles. The van der Waals surface area contributed by atoms with Gasteiger partial charge in [-0.3, -0.25) is 0 Å². The SMILES string of the molecule is CCCCCCCC/C(=C/C(C)(C)C)N(CC)CC. The van der Waals surface area contributed by atoms with Crippen LogP contribution >= 0.6 is 0 Å². The zero-order valence-corrected chi connectivity index (χ0v) is 14.4. The van der Waals surface area contributed by atoms with E-state index in [1.165, 1.54) is 44.9 Å². The molecule has 0 heterocycles. The van der Waals surface area contributed by atoms with Gasteiger partial charge in [0.15, 0.2) is 0 Å². The third-order valence-electron chi connectivity index (χ3n) is 3.56. The summed E-state index contributed by atoms with van der Waals surface area (Å²) >= 11 is 0.